The lowest BCUT2D eigenvalue weighted by Gasteiger charge is -2.26. The lowest BCUT2D eigenvalue weighted by Crippen LogP contribution is -2.41. The van der Waals surface area contributed by atoms with Crippen LogP contribution in [0.1, 0.15) is 25.5 Å². The second-order valence-electron chi connectivity index (χ2n) is 4.47. The number of nitrogens with zero attached hydrogens (tertiary/aromatic N) is 1. The van der Waals surface area contributed by atoms with Crippen molar-refractivity contribution in [2.45, 2.75) is 19.9 Å². The van der Waals surface area contributed by atoms with Gasteiger partial charge in [-0.2, -0.15) is 0 Å². The van der Waals surface area contributed by atoms with Gasteiger partial charge in [-0.05, 0) is 12.5 Å². The summed E-state index contributed by atoms with van der Waals surface area (Å²) < 4.78 is 0. The van der Waals surface area contributed by atoms with Crippen LogP contribution in [0, 0.1) is 5.92 Å². The van der Waals surface area contributed by atoms with Gasteiger partial charge in [-0.25, -0.2) is 0 Å². The fraction of sp³-hybridized carbons (Fsp3) is 0.429. The highest BCUT2D eigenvalue weighted by Crippen LogP contribution is 2.20. The van der Waals surface area contributed by atoms with Crippen LogP contribution in [0.5, 0.6) is 0 Å². The van der Waals surface area contributed by atoms with E-state index in [2.05, 4.69) is 0 Å². The molecule has 0 aromatic heterocycles. The molecule has 3 N–H and O–H groups in total. The number of carboxylic acids is 1. The van der Waals surface area contributed by atoms with E-state index in [4.69, 9.17) is 10.8 Å². The maximum atomic E-state index is 12.2. The first-order valence-corrected chi connectivity index (χ1v) is 6.28. The molecular weight excluding hydrogens is 244 g/mol. The van der Waals surface area contributed by atoms with E-state index in [1.165, 1.54) is 4.90 Å². The molecule has 5 heteroatoms. The van der Waals surface area contributed by atoms with Gasteiger partial charge in [0.1, 0.15) is 6.54 Å². The van der Waals surface area contributed by atoms with Gasteiger partial charge in [0.25, 0.3) is 0 Å². The van der Waals surface area contributed by atoms with Crippen molar-refractivity contribution in [3.63, 3.8) is 0 Å². The third-order valence-electron chi connectivity index (χ3n) is 3.13. The third kappa shape index (κ3) is 4.06. The van der Waals surface area contributed by atoms with E-state index >= 15 is 0 Å². The molecule has 104 valence electrons. The van der Waals surface area contributed by atoms with Crippen LogP contribution in [0.2, 0.25) is 0 Å². The molecule has 0 heterocycles. The predicted octanol–water partition coefficient (Wildman–Crippen LogP) is 1.26. The second kappa shape index (κ2) is 6.89. The summed E-state index contributed by atoms with van der Waals surface area (Å²) in [5.41, 5.74) is 6.94. The molecular formula is C14H20N2O3. The summed E-state index contributed by atoms with van der Waals surface area (Å²) in [6, 6.07) is 8.90. The standard InChI is InChI=1S/C14H20N2O3/c1-3-16(9-12(17)18)14(19)10(2)13(15)11-7-5-4-6-8-11/h4-8,10,13H,3,9,15H2,1-2H3,(H,17,18). The van der Waals surface area contributed by atoms with Crippen LogP contribution in [0.15, 0.2) is 30.3 Å². The van der Waals surface area contributed by atoms with E-state index in [1.54, 1.807) is 13.8 Å². The van der Waals surface area contributed by atoms with Gasteiger partial charge in [0, 0.05) is 12.6 Å². The van der Waals surface area contributed by atoms with Gasteiger partial charge in [-0.15, -0.1) is 0 Å². The number of carbonyl (C=O) groups excluding carboxylic acids is 1. The lowest BCUT2D eigenvalue weighted by atomic mass is 9.94. The number of rotatable bonds is 6. The number of hydrogen-bond acceptors (Lipinski definition) is 3. The molecule has 0 aliphatic carbocycles. The molecule has 19 heavy (non-hydrogen) atoms. The molecule has 0 radical (unpaired) electrons. The van der Waals surface area contributed by atoms with Gasteiger partial charge >= 0.3 is 5.97 Å². The Morgan fingerprint density at radius 1 is 1.32 bits per heavy atom. The van der Waals surface area contributed by atoms with Crippen molar-refractivity contribution < 1.29 is 14.7 Å². The third-order valence-corrected chi connectivity index (χ3v) is 3.13. The summed E-state index contributed by atoms with van der Waals surface area (Å²) in [5, 5.41) is 8.78. The molecule has 1 rings (SSSR count). The van der Waals surface area contributed by atoms with Crippen molar-refractivity contribution >= 4 is 11.9 Å². The van der Waals surface area contributed by atoms with Crippen LogP contribution in [0.3, 0.4) is 0 Å². The first-order chi connectivity index (χ1) is 8.97. The number of nitrogens with two attached hydrogens (primary N) is 1. The fourth-order valence-corrected chi connectivity index (χ4v) is 1.91. The van der Waals surface area contributed by atoms with Crippen molar-refractivity contribution in [2.24, 2.45) is 11.7 Å². The van der Waals surface area contributed by atoms with Crippen molar-refractivity contribution in [3.8, 4) is 0 Å². The minimum absolute atomic E-state index is 0.235. The monoisotopic (exact) mass is 264 g/mol. The Hall–Kier alpha value is -1.88. The average Bonchev–Trinajstić information content (AvgIpc) is 2.43. The zero-order valence-corrected chi connectivity index (χ0v) is 11.2. The average molecular weight is 264 g/mol. The van der Waals surface area contributed by atoms with Crippen LogP contribution in [-0.2, 0) is 9.59 Å². The highest BCUT2D eigenvalue weighted by atomic mass is 16.4. The van der Waals surface area contributed by atoms with Crippen LogP contribution < -0.4 is 5.73 Å². The summed E-state index contributed by atoms with van der Waals surface area (Å²) in [7, 11) is 0. The van der Waals surface area contributed by atoms with Gasteiger partial charge in [0.15, 0.2) is 0 Å². The minimum atomic E-state index is -1.02. The zero-order valence-electron chi connectivity index (χ0n) is 11.2. The van der Waals surface area contributed by atoms with E-state index in [1.807, 2.05) is 30.3 Å². The number of aliphatic carboxylic acids is 1. The zero-order chi connectivity index (χ0) is 14.4. The van der Waals surface area contributed by atoms with Gasteiger partial charge in [-0.1, -0.05) is 37.3 Å². The largest absolute Gasteiger partial charge is 0.480 e. The van der Waals surface area contributed by atoms with Crippen molar-refractivity contribution in [1.29, 1.82) is 0 Å². The highest BCUT2D eigenvalue weighted by molar-refractivity contribution is 5.83. The maximum Gasteiger partial charge on any atom is 0.323 e. The molecule has 1 aromatic rings. The SMILES string of the molecule is CCN(CC(=O)O)C(=O)C(C)C(N)c1ccccc1. The van der Waals surface area contributed by atoms with Crippen molar-refractivity contribution in [3.05, 3.63) is 35.9 Å². The number of likely N-dealkylation sites (N-methyl/N-ethyl adjacent to an activating group) is 1. The van der Waals surface area contributed by atoms with Gasteiger partial charge in [-0.3, -0.25) is 9.59 Å². The molecule has 0 aliphatic heterocycles. The molecule has 5 nitrogen and oxygen atoms in total. The van der Waals surface area contributed by atoms with Crippen molar-refractivity contribution in [1.82, 2.24) is 4.90 Å². The van der Waals surface area contributed by atoms with Gasteiger partial charge < -0.3 is 15.7 Å². The minimum Gasteiger partial charge on any atom is -0.480 e. The quantitative estimate of drug-likeness (QED) is 0.810. The van der Waals surface area contributed by atoms with E-state index in [-0.39, 0.29) is 12.5 Å². The summed E-state index contributed by atoms with van der Waals surface area (Å²) in [6.45, 7) is 3.55. The highest BCUT2D eigenvalue weighted by Gasteiger charge is 2.26. The maximum absolute atomic E-state index is 12.2. The summed E-state index contributed by atoms with van der Waals surface area (Å²) >= 11 is 0. The summed E-state index contributed by atoms with van der Waals surface area (Å²) in [5.74, 6) is -1.71. The molecule has 2 unspecified atom stereocenters. The molecule has 0 saturated heterocycles. The molecule has 0 aliphatic rings. The van der Waals surface area contributed by atoms with Crippen LogP contribution in [-0.4, -0.2) is 35.0 Å². The van der Waals surface area contributed by atoms with Gasteiger partial charge in [0.2, 0.25) is 5.91 Å². The Morgan fingerprint density at radius 2 is 1.89 bits per heavy atom. The molecule has 0 fully saturated rings. The van der Waals surface area contributed by atoms with Crippen LogP contribution in [0.4, 0.5) is 0 Å². The first-order valence-electron chi connectivity index (χ1n) is 6.28. The fourth-order valence-electron chi connectivity index (χ4n) is 1.91. The van der Waals surface area contributed by atoms with Crippen molar-refractivity contribution in [2.75, 3.05) is 13.1 Å². The lowest BCUT2D eigenvalue weighted by molar-refractivity contribution is -0.146. The van der Waals surface area contributed by atoms with E-state index in [9.17, 15) is 9.59 Å². The van der Waals surface area contributed by atoms with E-state index in [0.29, 0.717) is 6.54 Å². The second-order valence-corrected chi connectivity index (χ2v) is 4.47. The Labute approximate surface area is 113 Å². The Bertz CT molecular complexity index is 434. The summed E-state index contributed by atoms with van der Waals surface area (Å²) in [6.07, 6.45) is 0. The number of carbonyl (C=O) groups is 2. The molecule has 0 spiro atoms. The Kier molecular flexibility index (Phi) is 5.51. The smallest absolute Gasteiger partial charge is 0.323 e. The number of hydrogen-bond donors (Lipinski definition) is 2. The molecule has 0 bridgehead atoms. The molecule has 2 atom stereocenters. The Morgan fingerprint density at radius 3 is 2.37 bits per heavy atom. The number of benzene rings is 1. The van der Waals surface area contributed by atoms with E-state index in [0.717, 1.165) is 5.56 Å². The first kappa shape index (κ1) is 15.2. The van der Waals surface area contributed by atoms with Crippen LogP contribution >= 0.6 is 0 Å². The van der Waals surface area contributed by atoms with Gasteiger partial charge in [0.05, 0.1) is 5.92 Å². The Balaban J connectivity index is 2.78. The number of carboxylic acid groups (broad SMARTS) is 1. The normalized spacial score (nSPS) is 13.6. The van der Waals surface area contributed by atoms with E-state index < -0.39 is 17.9 Å². The predicted molar refractivity (Wildman–Crippen MR) is 72.4 cm³/mol. The molecule has 0 saturated carbocycles. The molecule has 1 aromatic carbocycles. The topological polar surface area (TPSA) is 83.6 Å². The summed E-state index contributed by atoms with van der Waals surface area (Å²) in [4.78, 5) is 24.2. The number of amides is 1. The van der Waals surface area contributed by atoms with Crippen LogP contribution in [0.25, 0.3) is 0 Å². The molecule has 1 amide bonds.